The monoisotopic (exact) mass is 371 g/mol. The molecule has 0 saturated carbocycles. The van der Waals surface area contributed by atoms with Gasteiger partial charge >= 0.3 is 0 Å². The summed E-state index contributed by atoms with van der Waals surface area (Å²) in [5.41, 5.74) is 7.69. The van der Waals surface area contributed by atoms with Gasteiger partial charge in [0.1, 0.15) is 0 Å². The maximum absolute atomic E-state index is 6.26. The van der Waals surface area contributed by atoms with E-state index in [0.717, 1.165) is 29.2 Å². The van der Waals surface area contributed by atoms with Gasteiger partial charge in [0.15, 0.2) is 10.9 Å². The van der Waals surface area contributed by atoms with Crippen molar-refractivity contribution in [1.29, 1.82) is 0 Å². The van der Waals surface area contributed by atoms with E-state index in [0.29, 0.717) is 27.0 Å². The molecule has 0 amide bonds. The molecular formula is C16H19Cl2N3OS. The van der Waals surface area contributed by atoms with Crippen molar-refractivity contribution >= 4 is 39.7 Å². The molecule has 1 atom stereocenters. The quantitative estimate of drug-likeness (QED) is 0.846. The van der Waals surface area contributed by atoms with Gasteiger partial charge in [0.05, 0.1) is 22.8 Å². The summed E-state index contributed by atoms with van der Waals surface area (Å²) in [5, 5.41) is 1.51. The number of methoxy groups -OCH3 is 1. The highest BCUT2D eigenvalue weighted by molar-refractivity contribution is 7.15. The SMILES string of the molecule is COc1c(Cl)cc(-c2nc(N)sc2CN2CCC[C@H]2C)cc1Cl. The minimum absolute atomic E-state index is 0.474. The number of hydrogen-bond acceptors (Lipinski definition) is 5. The Morgan fingerprint density at radius 3 is 2.65 bits per heavy atom. The van der Waals surface area contributed by atoms with Crippen molar-refractivity contribution < 1.29 is 4.74 Å². The molecule has 3 rings (SSSR count). The Bertz CT molecular complexity index is 696. The lowest BCUT2D eigenvalue weighted by atomic mass is 10.1. The molecule has 2 aromatic rings. The Kier molecular flexibility index (Phi) is 5.01. The van der Waals surface area contributed by atoms with Crippen LogP contribution in [0.25, 0.3) is 11.3 Å². The lowest BCUT2D eigenvalue weighted by Gasteiger charge is -2.20. The lowest BCUT2D eigenvalue weighted by molar-refractivity contribution is 0.263. The number of nitrogens with zero attached hydrogens (tertiary/aromatic N) is 2. The van der Waals surface area contributed by atoms with E-state index in [2.05, 4.69) is 16.8 Å². The topological polar surface area (TPSA) is 51.4 Å². The van der Waals surface area contributed by atoms with Gasteiger partial charge in [-0.2, -0.15) is 0 Å². The molecule has 23 heavy (non-hydrogen) atoms. The number of nitrogen functional groups attached to an aromatic ring is 1. The number of ether oxygens (including phenoxy) is 1. The second-order valence-corrected chi connectivity index (χ2v) is 7.69. The summed E-state index contributed by atoms with van der Waals surface area (Å²) in [7, 11) is 1.55. The number of anilines is 1. The van der Waals surface area contributed by atoms with E-state index in [-0.39, 0.29) is 0 Å². The maximum atomic E-state index is 6.26. The highest BCUT2D eigenvalue weighted by Gasteiger charge is 2.23. The van der Waals surface area contributed by atoms with Crippen LogP contribution in [0.15, 0.2) is 12.1 Å². The fourth-order valence-corrected chi connectivity index (χ4v) is 4.53. The van der Waals surface area contributed by atoms with Gasteiger partial charge in [0, 0.05) is 23.0 Å². The van der Waals surface area contributed by atoms with Crippen LogP contribution in [-0.4, -0.2) is 29.6 Å². The van der Waals surface area contributed by atoms with Crippen molar-refractivity contribution in [3.63, 3.8) is 0 Å². The highest BCUT2D eigenvalue weighted by atomic mass is 35.5. The van der Waals surface area contributed by atoms with E-state index in [1.54, 1.807) is 7.11 Å². The van der Waals surface area contributed by atoms with Crippen LogP contribution in [0, 0.1) is 0 Å². The Morgan fingerprint density at radius 1 is 1.39 bits per heavy atom. The van der Waals surface area contributed by atoms with E-state index in [9.17, 15) is 0 Å². The molecule has 1 aromatic carbocycles. The molecule has 0 aliphatic carbocycles. The molecule has 1 aromatic heterocycles. The molecule has 4 nitrogen and oxygen atoms in total. The first-order valence-electron chi connectivity index (χ1n) is 7.52. The normalized spacial score (nSPS) is 18.5. The van der Waals surface area contributed by atoms with Crippen molar-refractivity contribution in [2.24, 2.45) is 0 Å². The van der Waals surface area contributed by atoms with Crippen LogP contribution >= 0.6 is 34.5 Å². The van der Waals surface area contributed by atoms with Crippen LogP contribution in [0.5, 0.6) is 5.75 Å². The minimum atomic E-state index is 0.474. The first-order valence-corrected chi connectivity index (χ1v) is 9.09. The summed E-state index contributed by atoms with van der Waals surface area (Å²) in [5.74, 6) is 0.481. The van der Waals surface area contributed by atoms with Crippen molar-refractivity contribution in [2.45, 2.75) is 32.4 Å². The molecule has 2 N–H and O–H groups in total. The molecule has 0 unspecified atom stereocenters. The molecular weight excluding hydrogens is 353 g/mol. The number of aromatic nitrogens is 1. The Balaban J connectivity index is 1.97. The van der Waals surface area contributed by atoms with Gasteiger partial charge in [-0.05, 0) is 38.4 Å². The second kappa shape index (κ2) is 6.85. The molecule has 0 spiro atoms. The molecule has 1 aliphatic heterocycles. The largest absolute Gasteiger partial charge is 0.494 e. The van der Waals surface area contributed by atoms with Crippen LogP contribution in [0.3, 0.4) is 0 Å². The zero-order valence-electron chi connectivity index (χ0n) is 13.1. The van der Waals surface area contributed by atoms with Crippen LogP contribution in [0.1, 0.15) is 24.6 Å². The standard InChI is InChI=1S/C16H19Cl2N3OS/c1-9-4-3-5-21(9)8-13-14(20-16(19)23-13)10-6-11(17)15(22-2)12(18)7-10/h6-7,9H,3-5,8H2,1-2H3,(H2,19,20)/t9-/m1/s1. The fourth-order valence-electron chi connectivity index (χ4n) is 3.01. The van der Waals surface area contributed by atoms with Gasteiger partial charge in [-0.15, -0.1) is 11.3 Å². The van der Waals surface area contributed by atoms with Gasteiger partial charge in [-0.25, -0.2) is 4.98 Å². The van der Waals surface area contributed by atoms with Crippen LogP contribution in [0.2, 0.25) is 10.0 Å². The molecule has 7 heteroatoms. The molecule has 1 aliphatic rings. The Morgan fingerprint density at radius 2 is 2.09 bits per heavy atom. The number of rotatable bonds is 4. The van der Waals surface area contributed by atoms with Gasteiger partial charge < -0.3 is 10.5 Å². The van der Waals surface area contributed by atoms with E-state index < -0.39 is 0 Å². The number of likely N-dealkylation sites (tertiary alicyclic amines) is 1. The molecule has 0 bridgehead atoms. The first kappa shape index (κ1) is 16.8. The Hall–Kier alpha value is -1.01. The summed E-state index contributed by atoms with van der Waals surface area (Å²) in [6, 6.07) is 4.25. The third-order valence-electron chi connectivity index (χ3n) is 4.23. The second-order valence-electron chi connectivity index (χ2n) is 5.76. The third-order valence-corrected chi connectivity index (χ3v) is 5.66. The van der Waals surface area contributed by atoms with E-state index >= 15 is 0 Å². The zero-order chi connectivity index (χ0) is 16.6. The predicted octanol–water partition coefficient (Wildman–Crippen LogP) is 4.69. The number of halogens is 2. The summed E-state index contributed by atoms with van der Waals surface area (Å²) in [4.78, 5) is 8.11. The van der Waals surface area contributed by atoms with Gasteiger partial charge in [0.2, 0.25) is 0 Å². The minimum Gasteiger partial charge on any atom is -0.494 e. The number of benzene rings is 1. The van der Waals surface area contributed by atoms with Crippen molar-refractivity contribution in [3.05, 3.63) is 27.1 Å². The summed E-state index contributed by atoms with van der Waals surface area (Å²) >= 11 is 14.1. The highest BCUT2D eigenvalue weighted by Crippen LogP contribution is 2.40. The van der Waals surface area contributed by atoms with Gasteiger partial charge in [-0.1, -0.05) is 23.2 Å². The number of nitrogens with two attached hydrogens (primary N) is 1. The summed E-state index contributed by atoms with van der Waals surface area (Å²) < 4.78 is 5.21. The predicted molar refractivity (Wildman–Crippen MR) is 97.6 cm³/mol. The van der Waals surface area contributed by atoms with Crippen LogP contribution in [0.4, 0.5) is 5.13 Å². The van der Waals surface area contributed by atoms with Crippen LogP contribution in [-0.2, 0) is 6.54 Å². The molecule has 124 valence electrons. The Labute approximate surface area is 150 Å². The average Bonchev–Trinajstić information content (AvgIpc) is 3.05. The number of thiazole rings is 1. The molecule has 0 radical (unpaired) electrons. The summed E-state index contributed by atoms with van der Waals surface area (Å²) in [6.45, 7) is 4.23. The van der Waals surface area contributed by atoms with Crippen molar-refractivity contribution in [1.82, 2.24) is 9.88 Å². The van der Waals surface area contributed by atoms with Gasteiger partial charge in [0.25, 0.3) is 0 Å². The molecule has 2 heterocycles. The van der Waals surface area contributed by atoms with E-state index in [1.807, 2.05) is 12.1 Å². The van der Waals surface area contributed by atoms with Gasteiger partial charge in [-0.3, -0.25) is 4.90 Å². The molecule has 1 fully saturated rings. The fraction of sp³-hybridized carbons (Fsp3) is 0.438. The average molecular weight is 372 g/mol. The first-order chi connectivity index (χ1) is 11.0. The third kappa shape index (κ3) is 3.43. The van der Waals surface area contributed by atoms with Crippen molar-refractivity contribution in [2.75, 3.05) is 19.4 Å². The summed E-state index contributed by atoms with van der Waals surface area (Å²) in [6.07, 6.45) is 2.48. The van der Waals surface area contributed by atoms with E-state index in [1.165, 1.54) is 24.2 Å². The smallest absolute Gasteiger partial charge is 0.180 e. The number of hydrogen-bond donors (Lipinski definition) is 1. The zero-order valence-corrected chi connectivity index (χ0v) is 15.4. The lowest BCUT2D eigenvalue weighted by Crippen LogP contribution is -2.25. The maximum Gasteiger partial charge on any atom is 0.180 e. The molecule has 1 saturated heterocycles. The van der Waals surface area contributed by atoms with Crippen LogP contribution < -0.4 is 10.5 Å². The van der Waals surface area contributed by atoms with E-state index in [4.69, 9.17) is 33.7 Å². The van der Waals surface area contributed by atoms with Crippen molar-refractivity contribution in [3.8, 4) is 17.0 Å².